The average Bonchev–Trinajstić information content (AvgIpc) is 2.36. The number of halogens is 3. The molecule has 0 fully saturated rings. The molecule has 21 heavy (non-hydrogen) atoms. The first-order valence-corrected chi connectivity index (χ1v) is 7.34. The third kappa shape index (κ3) is 5.12. The van der Waals surface area contributed by atoms with E-state index in [0.717, 1.165) is 6.42 Å². The van der Waals surface area contributed by atoms with E-state index in [0.29, 0.717) is 29.6 Å². The molecule has 0 saturated heterocycles. The zero-order valence-electron chi connectivity index (χ0n) is 11.7. The number of rotatable bonds is 3. The fraction of sp³-hybridized carbons (Fsp3) is 0.538. The molecule has 0 saturated carbocycles. The SMILES string of the molecule is [C-]#C/C(C)=C(\C)C1=C(OS(=O)(=O)C(F)(F)F)CCCC1.[Y]. The molecule has 3 nitrogen and oxygen atoms in total. The second kappa shape index (κ2) is 7.80. The van der Waals surface area contributed by atoms with Gasteiger partial charge in [-0.3, -0.25) is 5.92 Å². The van der Waals surface area contributed by atoms with Gasteiger partial charge in [0.1, 0.15) is 5.76 Å². The molecular formula is C13H14F3O3SY-. The fourth-order valence-corrected chi connectivity index (χ4v) is 2.41. The van der Waals surface area contributed by atoms with Crippen molar-refractivity contribution >= 4 is 10.1 Å². The number of allylic oxidation sites excluding steroid dienone is 4. The van der Waals surface area contributed by atoms with Gasteiger partial charge in [0.15, 0.2) is 0 Å². The molecule has 1 radical (unpaired) electrons. The molecule has 0 atom stereocenters. The molecule has 115 valence electrons. The van der Waals surface area contributed by atoms with Crippen molar-refractivity contribution < 1.29 is 58.5 Å². The molecule has 0 amide bonds. The van der Waals surface area contributed by atoms with E-state index in [1.807, 2.05) is 0 Å². The molecule has 0 heterocycles. The Labute approximate surface area is 148 Å². The molecule has 0 N–H and O–H groups in total. The Morgan fingerprint density at radius 3 is 2.24 bits per heavy atom. The van der Waals surface area contributed by atoms with E-state index in [9.17, 15) is 21.6 Å². The molecule has 0 spiro atoms. The second-order valence-corrected chi connectivity index (χ2v) is 6.00. The summed E-state index contributed by atoms with van der Waals surface area (Å²) in [5.41, 5.74) is -4.05. The van der Waals surface area contributed by atoms with E-state index in [1.165, 1.54) is 0 Å². The normalized spacial score (nSPS) is 17.5. The van der Waals surface area contributed by atoms with Crippen LogP contribution in [0, 0.1) is 12.3 Å². The Bertz CT molecular complexity index is 595. The van der Waals surface area contributed by atoms with Crippen LogP contribution in [-0.4, -0.2) is 13.9 Å². The molecule has 8 heteroatoms. The summed E-state index contributed by atoms with van der Waals surface area (Å²) in [7, 11) is -5.64. The fourth-order valence-electron chi connectivity index (χ4n) is 1.87. The first-order valence-electron chi connectivity index (χ1n) is 5.93. The minimum atomic E-state index is -5.64. The van der Waals surface area contributed by atoms with Crippen LogP contribution in [-0.2, 0) is 47.0 Å². The second-order valence-electron chi connectivity index (χ2n) is 4.47. The van der Waals surface area contributed by atoms with Crippen LogP contribution in [0.5, 0.6) is 0 Å². The van der Waals surface area contributed by atoms with Gasteiger partial charge in [-0.15, -0.1) is 11.1 Å². The Morgan fingerprint density at radius 1 is 1.24 bits per heavy atom. The zero-order valence-corrected chi connectivity index (χ0v) is 15.3. The first kappa shape index (κ1) is 20.7. The quantitative estimate of drug-likeness (QED) is 0.317. The average molecular weight is 396 g/mol. The Kier molecular flexibility index (Phi) is 7.68. The molecule has 1 aliphatic rings. The summed E-state index contributed by atoms with van der Waals surface area (Å²) in [4.78, 5) is 0. The number of alkyl halides is 3. The molecule has 0 bridgehead atoms. The van der Waals surface area contributed by atoms with Crippen LogP contribution in [0.1, 0.15) is 39.5 Å². The molecular weight excluding hydrogens is 382 g/mol. The Morgan fingerprint density at radius 2 is 1.76 bits per heavy atom. The van der Waals surface area contributed by atoms with E-state index in [4.69, 9.17) is 6.42 Å². The van der Waals surface area contributed by atoms with Gasteiger partial charge in [-0.1, -0.05) is 13.8 Å². The Balaban J connectivity index is 0.00000400. The van der Waals surface area contributed by atoms with Crippen LogP contribution in [0.15, 0.2) is 22.5 Å². The maximum atomic E-state index is 12.4. The minimum Gasteiger partial charge on any atom is -0.380 e. The summed E-state index contributed by atoms with van der Waals surface area (Å²) < 4.78 is 63.5. The van der Waals surface area contributed by atoms with Crippen molar-refractivity contribution in [3.8, 4) is 5.92 Å². The van der Waals surface area contributed by atoms with Crippen molar-refractivity contribution in [2.24, 2.45) is 0 Å². The molecule has 0 aromatic heterocycles. The third-order valence-corrected chi connectivity index (χ3v) is 4.10. The van der Waals surface area contributed by atoms with Gasteiger partial charge in [-0.2, -0.15) is 21.6 Å². The molecule has 1 rings (SSSR count). The number of hydrogen-bond acceptors (Lipinski definition) is 3. The van der Waals surface area contributed by atoms with E-state index >= 15 is 0 Å². The van der Waals surface area contributed by atoms with E-state index in [-0.39, 0.29) is 44.9 Å². The van der Waals surface area contributed by atoms with Gasteiger partial charge in [-0.25, -0.2) is 0 Å². The van der Waals surface area contributed by atoms with Crippen molar-refractivity contribution in [2.75, 3.05) is 0 Å². The van der Waals surface area contributed by atoms with Gasteiger partial charge >= 0.3 is 15.6 Å². The summed E-state index contributed by atoms with van der Waals surface area (Å²) in [6.07, 6.45) is 8.88. The van der Waals surface area contributed by atoms with Crippen LogP contribution < -0.4 is 0 Å². The summed E-state index contributed by atoms with van der Waals surface area (Å²) in [6, 6.07) is 0. The van der Waals surface area contributed by atoms with Crippen molar-refractivity contribution in [1.29, 1.82) is 0 Å². The molecule has 0 aromatic carbocycles. The van der Waals surface area contributed by atoms with Crippen LogP contribution in [0.25, 0.3) is 0 Å². The molecule has 0 aliphatic heterocycles. The standard InChI is InChI=1S/C13H14F3O3S.Y/c1-4-9(2)10(3)11-7-5-6-8-12(11)19-20(17,18)13(14,15)16;/h5-8H2,2-3H3;/q-1;/b10-9+;. The molecule has 0 aromatic rings. The first-order chi connectivity index (χ1) is 9.10. The van der Waals surface area contributed by atoms with Crippen LogP contribution in [0.4, 0.5) is 13.2 Å². The van der Waals surface area contributed by atoms with Crippen molar-refractivity contribution in [1.82, 2.24) is 0 Å². The van der Waals surface area contributed by atoms with Gasteiger partial charge in [0.2, 0.25) is 0 Å². The minimum absolute atomic E-state index is 0. The topological polar surface area (TPSA) is 43.4 Å². The summed E-state index contributed by atoms with van der Waals surface area (Å²) >= 11 is 0. The van der Waals surface area contributed by atoms with E-state index < -0.39 is 15.6 Å². The van der Waals surface area contributed by atoms with Gasteiger partial charge in [-0.05, 0) is 24.8 Å². The predicted molar refractivity (Wildman–Crippen MR) is 67.1 cm³/mol. The van der Waals surface area contributed by atoms with Gasteiger partial charge in [0.05, 0.1) is 0 Å². The van der Waals surface area contributed by atoms with Crippen molar-refractivity contribution in [3.05, 3.63) is 28.9 Å². The third-order valence-electron chi connectivity index (χ3n) is 3.11. The Hall–Kier alpha value is -0.316. The van der Waals surface area contributed by atoms with Gasteiger partial charge in [0, 0.05) is 39.1 Å². The predicted octanol–water partition coefficient (Wildman–Crippen LogP) is 3.60. The maximum absolute atomic E-state index is 12.4. The van der Waals surface area contributed by atoms with Crippen LogP contribution in [0.2, 0.25) is 0 Å². The largest absolute Gasteiger partial charge is 0.534 e. The van der Waals surface area contributed by atoms with E-state index in [1.54, 1.807) is 13.8 Å². The summed E-state index contributed by atoms with van der Waals surface area (Å²) in [5, 5.41) is 0. The monoisotopic (exact) mass is 396 g/mol. The van der Waals surface area contributed by atoms with Crippen LogP contribution in [0.3, 0.4) is 0 Å². The van der Waals surface area contributed by atoms with Crippen molar-refractivity contribution in [3.63, 3.8) is 0 Å². The van der Waals surface area contributed by atoms with Crippen molar-refractivity contribution in [2.45, 2.75) is 45.0 Å². The molecule has 0 unspecified atom stereocenters. The van der Waals surface area contributed by atoms with Gasteiger partial charge < -0.3 is 10.6 Å². The van der Waals surface area contributed by atoms with Gasteiger partial charge in [0.25, 0.3) is 0 Å². The maximum Gasteiger partial charge on any atom is 0.534 e. The van der Waals surface area contributed by atoms with E-state index in [2.05, 4.69) is 10.1 Å². The summed E-state index contributed by atoms with van der Waals surface area (Å²) in [6.45, 7) is 3.20. The zero-order chi connectivity index (χ0) is 15.6. The summed E-state index contributed by atoms with van der Waals surface area (Å²) in [5.74, 6) is 1.96. The number of hydrogen-bond donors (Lipinski definition) is 0. The molecule has 1 aliphatic carbocycles. The smallest absolute Gasteiger partial charge is 0.380 e. The van der Waals surface area contributed by atoms with Crippen LogP contribution >= 0.6 is 0 Å².